The predicted molar refractivity (Wildman–Crippen MR) is 126 cm³/mol. The summed E-state index contributed by atoms with van der Waals surface area (Å²) in [4.78, 5) is 24.4. The van der Waals surface area contributed by atoms with E-state index in [-0.39, 0.29) is 18.4 Å². The molecular weight excluding hydrogens is 382 g/mol. The maximum atomic E-state index is 11.7. The maximum Gasteiger partial charge on any atom is 0.246 e. The van der Waals surface area contributed by atoms with Gasteiger partial charge in [-0.05, 0) is 6.92 Å². The van der Waals surface area contributed by atoms with Gasteiger partial charge in [0.25, 0.3) is 0 Å². The van der Waals surface area contributed by atoms with Crippen molar-refractivity contribution in [3.8, 4) is 0 Å². The summed E-state index contributed by atoms with van der Waals surface area (Å²) in [7, 11) is 1.74. The highest BCUT2D eigenvalue weighted by atomic mass is 16.5. The number of nitrogens with zero attached hydrogens (tertiary/aromatic N) is 1. The van der Waals surface area contributed by atoms with Gasteiger partial charge in [0.15, 0.2) is 0 Å². The van der Waals surface area contributed by atoms with E-state index in [2.05, 4.69) is 37.6 Å². The van der Waals surface area contributed by atoms with Crippen LogP contribution < -0.4 is 10.6 Å². The molecule has 0 aliphatic carbocycles. The highest BCUT2D eigenvalue weighted by molar-refractivity contribution is 5.87. The van der Waals surface area contributed by atoms with Crippen LogP contribution in [-0.2, 0) is 19.1 Å². The zero-order chi connectivity index (χ0) is 23.6. The Hall–Kier alpha value is -2.12. The lowest BCUT2D eigenvalue weighted by Crippen LogP contribution is -2.28. The zero-order valence-corrected chi connectivity index (χ0v) is 20.1. The van der Waals surface area contributed by atoms with Gasteiger partial charge in [0, 0.05) is 44.9 Å². The summed E-state index contributed by atoms with van der Waals surface area (Å²) in [6.07, 6.45) is 6.57. The average Bonchev–Trinajstić information content (AvgIpc) is 2.74. The zero-order valence-electron chi connectivity index (χ0n) is 20.1. The number of rotatable bonds is 15. The molecule has 0 saturated heterocycles. The Labute approximate surface area is 184 Å². The molecule has 0 aliphatic rings. The number of carbonyl (C=O) groups excluding carboxylic acids is 2. The van der Waals surface area contributed by atoms with Crippen LogP contribution in [0.3, 0.4) is 0 Å². The largest absolute Gasteiger partial charge is 0.386 e. The molecule has 0 unspecified atom stereocenters. The molecule has 0 bridgehead atoms. The van der Waals surface area contributed by atoms with Crippen LogP contribution in [0, 0.1) is 0 Å². The number of likely N-dealkylation sites (N-methyl/N-ethyl adjacent to an activating group) is 2. The van der Waals surface area contributed by atoms with E-state index in [0.717, 1.165) is 5.70 Å². The van der Waals surface area contributed by atoms with E-state index in [9.17, 15) is 9.59 Å². The second kappa shape index (κ2) is 26.9. The van der Waals surface area contributed by atoms with Crippen molar-refractivity contribution in [1.82, 2.24) is 15.5 Å². The quantitative estimate of drug-likeness (QED) is 0.238. The molecule has 7 heteroatoms. The standard InChI is InChI=1S/C18H31N3O4.C3H8.C2H6/c1-5-7-8-18(23)21(4)11-9-16(3)20-10-12-24-13-14-25-15-17(22)19-6-2;1-3-2;1-2/h5,7-8,20H,1,3,6,9-15H2,2,4H3,(H,19,22);3H2,1-2H3;1-2H3/b8-7-;;. The van der Waals surface area contributed by atoms with Gasteiger partial charge in [-0.2, -0.15) is 0 Å². The molecule has 0 aromatic heterocycles. The highest BCUT2D eigenvalue weighted by Gasteiger charge is 2.04. The van der Waals surface area contributed by atoms with E-state index >= 15 is 0 Å². The fourth-order valence-electron chi connectivity index (χ4n) is 1.71. The molecule has 0 heterocycles. The van der Waals surface area contributed by atoms with Crippen LogP contribution in [-0.4, -0.2) is 69.8 Å². The number of nitrogens with one attached hydrogen (secondary N) is 2. The van der Waals surface area contributed by atoms with Gasteiger partial charge in [-0.25, -0.2) is 0 Å². The van der Waals surface area contributed by atoms with Gasteiger partial charge in [0.1, 0.15) is 6.61 Å². The molecular formula is C23H45N3O4. The van der Waals surface area contributed by atoms with Crippen molar-refractivity contribution in [3.63, 3.8) is 0 Å². The van der Waals surface area contributed by atoms with Crippen molar-refractivity contribution in [2.45, 2.75) is 47.5 Å². The Bertz CT molecular complexity index is 465. The lowest BCUT2D eigenvalue weighted by atomic mass is 10.3. The van der Waals surface area contributed by atoms with Gasteiger partial charge in [-0.3, -0.25) is 9.59 Å². The number of hydrogen-bond donors (Lipinski definition) is 2. The van der Waals surface area contributed by atoms with Crippen LogP contribution in [0.5, 0.6) is 0 Å². The van der Waals surface area contributed by atoms with E-state index in [1.807, 2.05) is 20.8 Å². The van der Waals surface area contributed by atoms with E-state index < -0.39 is 0 Å². The summed E-state index contributed by atoms with van der Waals surface area (Å²) in [6, 6.07) is 0. The average molecular weight is 428 g/mol. The third kappa shape index (κ3) is 25.9. The molecule has 0 rings (SSSR count). The first-order valence-corrected chi connectivity index (χ1v) is 10.8. The van der Waals surface area contributed by atoms with Gasteiger partial charge in [0.05, 0.1) is 19.8 Å². The van der Waals surface area contributed by atoms with Crippen molar-refractivity contribution >= 4 is 11.8 Å². The summed E-state index contributed by atoms with van der Waals surface area (Å²) in [5.74, 6) is -0.187. The lowest BCUT2D eigenvalue weighted by molar-refractivity contribution is -0.126. The fraction of sp³-hybridized carbons (Fsp3) is 0.652. The maximum absolute atomic E-state index is 11.7. The van der Waals surface area contributed by atoms with E-state index in [4.69, 9.17) is 9.47 Å². The molecule has 176 valence electrons. The number of hydrogen-bond acceptors (Lipinski definition) is 5. The summed E-state index contributed by atoms with van der Waals surface area (Å²) < 4.78 is 10.6. The monoisotopic (exact) mass is 427 g/mol. The fourth-order valence-corrected chi connectivity index (χ4v) is 1.71. The lowest BCUT2D eigenvalue weighted by Gasteiger charge is -2.16. The number of allylic oxidation sites excluding steroid dienone is 2. The molecule has 0 spiro atoms. The van der Waals surface area contributed by atoms with Crippen LogP contribution in [0.15, 0.2) is 37.1 Å². The molecule has 0 saturated carbocycles. The Morgan fingerprint density at radius 1 is 1.03 bits per heavy atom. The number of amides is 2. The third-order valence-electron chi connectivity index (χ3n) is 3.10. The van der Waals surface area contributed by atoms with Crippen LogP contribution in [0.4, 0.5) is 0 Å². The molecule has 7 nitrogen and oxygen atoms in total. The normalized spacial score (nSPS) is 9.53. The van der Waals surface area contributed by atoms with Gasteiger partial charge < -0.3 is 25.0 Å². The van der Waals surface area contributed by atoms with Crippen molar-refractivity contribution in [3.05, 3.63) is 37.1 Å². The molecule has 0 fully saturated rings. The van der Waals surface area contributed by atoms with Gasteiger partial charge in [0.2, 0.25) is 11.8 Å². The van der Waals surface area contributed by atoms with Crippen LogP contribution >= 0.6 is 0 Å². The smallest absolute Gasteiger partial charge is 0.246 e. The summed E-state index contributed by atoms with van der Waals surface area (Å²) >= 11 is 0. The van der Waals surface area contributed by atoms with Crippen molar-refractivity contribution in [2.24, 2.45) is 0 Å². The van der Waals surface area contributed by atoms with Crippen LogP contribution in [0.2, 0.25) is 0 Å². The minimum Gasteiger partial charge on any atom is -0.386 e. The van der Waals surface area contributed by atoms with Crippen molar-refractivity contribution in [2.75, 3.05) is 53.1 Å². The van der Waals surface area contributed by atoms with Crippen molar-refractivity contribution < 1.29 is 19.1 Å². The first-order chi connectivity index (χ1) is 14.4. The second-order valence-corrected chi connectivity index (χ2v) is 5.96. The Morgan fingerprint density at radius 2 is 1.63 bits per heavy atom. The molecule has 30 heavy (non-hydrogen) atoms. The summed E-state index contributed by atoms with van der Waals surface area (Å²) in [5, 5.41) is 5.80. The second-order valence-electron chi connectivity index (χ2n) is 5.96. The number of carbonyl (C=O) groups is 2. The Kier molecular flexibility index (Phi) is 29.2. The molecule has 2 N–H and O–H groups in total. The number of ether oxygens (including phenoxy) is 2. The van der Waals surface area contributed by atoms with Crippen LogP contribution in [0.25, 0.3) is 0 Å². The van der Waals surface area contributed by atoms with E-state index in [1.54, 1.807) is 24.1 Å². The minimum atomic E-state index is -0.121. The molecule has 0 aromatic carbocycles. The Morgan fingerprint density at radius 3 is 2.20 bits per heavy atom. The summed E-state index contributed by atoms with van der Waals surface area (Å²) in [5.41, 5.74) is 0.850. The topological polar surface area (TPSA) is 79.9 Å². The van der Waals surface area contributed by atoms with Gasteiger partial charge in [-0.1, -0.05) is 59.4 Å². The van der Waals surface area contributed by atoms with E-state index in [0.29, 0.717) is 45.9 Å². The van der Waals surface area contributed by atoms with Gasteiger partial charge in [-0.15, -0.1) is 0 Å². The molecule has 0 aromatic rings. The SMILES string of the molecule is C=C/C=C\C(=O)N(C)CCC(=C)NCCOCCOCC(=O)NCC.CC.CCC. The summed E-state index contributed by atoms with van der Waals surface area (Å²) in [6.45, 7) is 20.8. The predicted octanol–water partition coefficient (Wildman–Crippen LogP) is 3.29. The molecule has 2 amide bonds. The first kappa shape index (κ1) is 32.5. The third-order valence-corrected chi connectivity index (χ3v) is 3.10. The highest BCUT2D eigenvalue weighted by Crippen LogP contribution is 1.97. The molecule has 0 radical (unpaired) electrons. The van der Waals surface area contributed by atoms with Gasteiger partial charge >= 0.3 is 0 Å². The van der Waals surface area contributed by atoms with E-state index in [1.165, 1.54) is 12.5 Å². The van der Waals surface area contributed by atoms with Crippen LogP contribution in [0.1, 0.15) is 47.5 Å². The van der Waals surface area contributed by atoms with Crippen molar-refractivity contribution in [1.29, 1.82) is 0 Å². The first-order valence-electron chi connectivity index (χ1n) is 10.8. The molecule has 0 aliphatic heterocycles. The molecule has 0 atom stereocenters. The Balaban J connectivity index is -0.00000133. The minimum absolute atomic E-state index is 0.0560.